The molecule has 3 rings (SSSR count). The molecule has 0 fully saturated rings. The number of aliphatic hydroxyl groups is 1. The Hall–Kier alpha value is -2.99. The summed E-state index contributed by atoms with van der Waals surface area (Å²) in [7, 11) is 3.08. The maximum atomic E-state index is 12.9. The molecule has 190 valence electrons. The van der Waals surface area contributed by atoms with Gasteiger partial charge >= 0.3 is 0 Å². The molecule has 0 saturated heterocycles. The van der Waals surface area contributed by atoms with Crippen LogP contribution < -0.4 is 14.9 Å². The number of unbranched alkanes of at least 4 members (excludes halogenated alkanes) is 9. The minimum Gasteiger partial charge on any atom is -0.502 e. The molecule has 3 aromatic rings. The zero-order chi connectivity index (χ0) is 25.0. The van der Waals surface area contributed by atoms with Gasteiger partial charge in [-0.3, -0.25) is 4.79 Å². The van der Waals surface area contributed by atoms with Crippen LogP contribution in [0.15, 0.2) is 45.6 Å². The number of methoxy groups -OCH3 is 2. The van der Waals surface area contributed by atoms with Gasteiger partial charge in [0.25, 0.3) is 0 Å². The smallest absolute Gasteiger partial charge is 0.235 e. The number of aromatic hydroxyl groups is 1. The average Bonchev–Trinajstić information content (AvgIpc) is 2.89. The number of rotatable bonds is 15. The Morgan fingerprint density at radius 2 is 1.40 bits per heavy atom. The third-order valence-corrected chi connectivity index (χ3v) is 6.45. The fraction of sp³-hybridized carbons (Fsp3) is 0.483. The Morgan fingerprint density at radius 3 is 2.03 bits per heavy atom. The van der Waals surface area contributed by atoms with E-state index in [-0.39, 0.29) is 5.76 Å². The van der Waals surface area contributed by atoms with E-state index >= 15 is 0 Å². The molecule has 2 N–H and O–H groups in total. The van der Waals surface area contributed by atoms with Crippen LogP contribution in [0.2, 0.25) is 0 Å². The van der Waals surface area contributed by atoms with Crippen LogP contribution in [0, 0.1) is 0 Å². The second-order valence-electron chi connectivity index (χ2n) is 9.02. The molecule has 0 aliphatic carbocycles. The van der Waals surface area contributed by atoms with Gasteiger partial charge in [-0.15, -0.1) is 0 Å². The summed E-state index contributed by atoms with van der Waals surface area (Å²) in [6.07, 6.45) is 12.7. The van der Waals surface area contributed by atoms with Crippen molar-refractivity contribution in [3.05, 3.63) is 52.2 Å². The number of ether oxygens (including phenoxy) is 2. The van der Waals surface area contributed by atoms with E-state index < -0.39 is 11.2 Å². The zero-order valence-electron chi connectivity index (χ0n) is 21.0. The van der Waals surface area contributed by atoms with Crippen molar-refractivity contribution < 1.29 is 24.1 Å². The molecule has 0 unspecified atom stereocenters. The van der Waals surface area contributed by atoms with Crippen molar-refractivity contribution in [3.63, 3.8) is 0 Å². The monoisotopic (exact) mass is 482 g/mol. The predicted octanol–water partition coefficient (Wildman–Crippen LogP) is 6.62. The largest absolute Gasteiger partial charge is 0.502 e. The molecule has 6 nitrogen and oxygen atoms in total. The van der Waals surface area contributed by atoms with E-state index in [1.54, 1.807) is 25.3 Å². The molecule has 1 aromatic heterocycles. The van der Waals surface area contributed by atoms with Crippen molar-refractivity contribution in [2.24, 2.45) is 0 Å². The minimum absolute atomic E-state index is 0.115. The molecule has 6 heteroatoms. The van der Waals surface area contributed by atoms with Crippen molar-refractivity contribution in [2.45, 2.75) is 70.6 Å². The normalized spacial score (nSPS) is 11.2. The van der Waals surface area contributed by atoms with Gasteiger partial charge < -0.3 is 24.1 Å². The van der Waals surface area contributed by atoms with Gasteiger partial charge in [0.1, 0.15) is 5.58 Å². The number of aliphatic hydroxyl groups excluding tert-OH is 1. The van der Waals surface area contributed by atoms with Crippen LogP contribution in [-0.4, -0.2) is 31.0 Å². The zero-order valence-corrected chi connectivity index (χ0v) is 21.0. The van der Waals surface area contributed by atoms with Gasteiger partial charge in [-0.2, -0.15) is 0 Å². The van der Waals surface area contributed by atoms with E-state index in [4.69, 9.17) is 19.0 Å². The molecule has 0 aliphatic heterocycles. The van der Waals surface area contributed by atoms with Gasteiger partial charge in [-0.05, 0) is 55.2 Å². The van der Waals surface area contributed by atoms with E-state index in [0.717, 1.165) is 31.2 Å². The van der Waals surface area contributed by atoms with Crippen LogP contribution in [0.3, 0.4) is 0 Å². The lowest BCUT2D eigenvalue weighted by Gasteiger charge is -2.11. The number of benzene rings is 2. The first-order chi connectivity index (χ1) is 17.1. The molecule has 1 heterocycles. The number of aryl methyl sites for hydroxylation is 1. The van der Waals surface area contributed by atoms with Crippen molar-refractivity contribution in [1.29, 1.82) is 0 Å². The lowest BCUT2D eigenvalue weighted by Crippen LogP contribution is -2.03. The molecule has 0 amide bonds. The standard InChI is InChI=1S/C29H38O6/c1-33-25-17-15-22(20-26(25)34-2)29-28(32)27(31)23-19-21(14-16-24(23)35-29)13-11-9-7-5-3-4-6-8-10-12-18-30/h14-17,19-20,30,32H,3-13,18H2,1-2H3. The molecule has 0 saturated carbocycles. The lowest BCUT2D eigenvalue weighted by atomic mass is 10.0. The van der Waals surface area contributed by atoms with Crippen LogP contribution in [0.5, 0.6) is 17.2 Å². The molecular weight excluding hydrogens is 444 g/mol. The molecule has 0 bridgehead atoms. The van der Waals surface area contributed by atoms with Gasteiger partial charge in [0, 0.05) is 12.2 Å². The second kappa shape index (κ2) is 13.8. The summed E-state index contributed by atoms with van der Waals surface area (Å²) < 4.78 is 16.5. The summed E-state index contributed by atoms with van der Waals surface area (Å²) in [4.78, 5) is 12.9. The van der Waals surface area contributed by atoms with Crippen LogP contribution >= 0.6 is 0 Å². The molecule has 2 aromatic carbocycles. The Morgan fingerprint density at radius 1 is 0.771 bits per heavy atom. The molecule has 35 heavy (non-hydrogen) atoms. The first kappa shape index (κ1) is 26.6. The topological polar surface area (TPSA) is 89.1 Å². The molecule has 0 atom stereocenters. The number of hydrogen-bond donors (Lipinski definition) is 2. The van der Waals surface area contributed by atoms with Gasteiger partial charge in [-0.25, -0.2) is 0 Å². The Bertz CT molecular complexity index is 1130. The third-order valence-electron chi connectivity index (χ3n) is 6.45. The van der Waals surface area contributed by atoms with Gasteiger partial charge in [0.15, 0.2) is 17.3 Å². The summed E-state index contributed by atoms with van der Waals surface area (Å²) in [6, 6.07) is 10.7. The van der Waals surface area contributed by atoms with Gasteiger partial charge in [0.2, 0.25) is 11.2 Å². The maximum absolute atomic E-state index is 12.9. The maximum Gasteiger partial charge on any atom is 0.235 e. The molecule has 0 aliphatic rings. The molecule has 0 radical (unpaired) electrons. The quantitative estimate of drug-likeness (QED) is 0.237. The van der Waals surface area contributed by atoms with E-state index in [2.05, 4.69) is 0 Å². The van der Waals surface area contributed by atoms with Crippen molar-refractivity contribution in [2.75, 3.05) is 20.8 Å². The SMILES string of the molecule is COc1ccc(-c2oc3ccc(CCCCCCCCCCCCO)cc3c(=O)c2O)cc1OC. The highest BCUT2D eigenvalue weighted by Gasteiger charge is 2.17. The van der Waals surface area contributed by atoms with E-state index in [1.165, 1.54) is 52.1 Å². The van der Waals surface area contributed by atoms with E-state index in [9.17, 15) is 9.90 Å². The highest BCUT2D eigenvalue weighted by atomic mass is 16.5. The fourth-order valence-electron chi connectivity index (χ4n) is 4.42. The first-order valence-corrected chi connectivity index (χ1v) is 12.7. The number of fused-ring (bicyclic) bond motifs is 1. The van der Waals surface area contributed by atoms with Crippen LogP contribution in [0.25, 0.3) is 22.3 Å². The van der Waals surface area contributed by atoms with Crippen molar-refractivity contribution in [3.8, 4) is 28.6 Å². The Balaban J connectivity index is 1.57. The molecule has 0 spiro atoms. The van der Waals surface area contributed by atoms with Crippen LogP contribution in [-0.2, 0) is 6.42 Å². The Labute approximate surface area is 207 Å². The average molecular weight is 483 g/mol. The van der Waals surface area contributed by atoms with E-state index in [0.29, 0.717) is 34.6 Å². The lowest BCUT2D eigenvalue weighted by molar-refractivity contribution is 0.282. The fourth-order valence-corrected chi connectivity index (χ4v) is 4.42. The summed E-state index contributed by atoms with van der Waals surface area (Å²) in [5, 5.41) is 19.8. The van der Waals surface area contributed by atoms with Crippen LogP contribution in [0.4, 0.5) is 0 Å². The summed E-state index contributed by atoms with van der Waals surface area (Å²) >= 11 is 0. The van der Waals surface area contributed by atoms with Gasteiger partial charge in [-0.1, -0.05) is 57.4 Å². The molecular formula is C29H38O6. The van der Waals surface area contributed by atoms with E-state index in [1.807, 2.05) is 18.2 Å². The van der Waals surface area contributed by atoms with Gasteiger partial charge in [0.05, 0.1) is 19.6 Å². The summed E-state index contributed by atoms with van der Waals surface area (Å²) in [5.41, 5.74) is 1.62. The highest BCUT2D eigenvalue weighted by molar-refractivity contribution is 5.82. The number of hydrogen-bond acceptors (Lipinski definition) is 6. The van der Waals surface area contributed by atoms with Crippen LogP contribution in [0.1, 0.15) is 69.8 Å². The van der Waals surface area contributed by atoms with Crippen molar-refractivity contribution in [1.82, 2.24) is 0 Å². The summed E-state index contributed by atoms with van der Waals surface area (Å²) in [5.74, 6) is 0.751. The third kappa shape index (κ3) is 7.25. The van der Waals surface area contributed by atoms with Crippen molar-refractivity contribution >= 4 is 11.0 Å². The Kier molecular flexibility index (Phi) is 10.5. The predicted molar refractivity (Wildman–Crippen MR) is 140 cm³/mol. The highest BCUT2D eigenvalue weighted by Crippen LogP contribution is 2.36. The summed E-state index contributed by atoms with van der Waals surface area (Å²) in [6.45, 7) is 0.309. The second-order valence-corrected chi connectivity index (χ2v) is 9.02. The minimum atomic E-state index is -0.433. The first-order valence-electron chi connectivity index (χ1n) is 12.7.